The maximum atomic E-state index is 12.4. The minimum absolute atomic E-state index is 0.0643. The summed E-state index contributed by atoms with van der Waals surface area (Å²) in [7, 11) is 0. The number of hydrogen-bond acceptors (Lipinski definition) is 3. The molecule has 17 heavy (non-hydrogen) atoms. The number of rotatable bonds is 3. The second-order valence-electron chi connectivity index (χ2n) is 3.99. The largest absolute Gasteiger partial charge is 0.405 e. The van der Waals surface area contributed by atoms with Crippen molar-refractivity contribution in [1.82, 2.24) is 4.98 Å². The maximum absolute atomic E-state index is 12.4. The van der Waals surface area contributed by atoms with E-state index < -0.39 is 12.7 Å². The van der Waals surface area contributed by atoms with Gasteiger partial charge in [0, 0.05) is 17.9 Å². The van der Waals surface area contributed by atoms with Crippen LogP contribution in [0.2, 0.25) is 0 Å². The molecule has 0 amide bonds. The molecule has 0 unspecified atom stereocenters. The average Bonchev–Trinajstić information content (AvgIpc) is 3.09. The molecule has 6 heteroatoms. The molecule has 0 atom stereocenters. The highest BCUT2D eigenvalue weighted by Crippen LogP contribution is 2.34. The fourth-order valence-corrected chi connectivity index (χ4v) is 1.67. The molecular formula is C11H10F3N3. The number of nitrogens with zero attached hydrogens (tertiary/aromatic N) is 3. The van der Waals surface area contributed by atoms with Crippen molar-refractivity contribution in [3.63, 3.8) is 0 Å². The summed E-state index contributed by atoms with van der Waals surface area (Å²) in [6, 6.07) is 4.66. The third-order valence-corrected chi connectivity index (χ3v) is 2.53. The molecule has 2 rings (SSSR count). The zero-order valence-corrected chi connectivity index (χ0v) is 8.91. The number of nitriles is 1. The average molecular weight is 241 g/mol. The Hall–Kier alpha value is -1.77. The lowest BCUT2D eigenvalue weighted by molar-refractivity contribution is -0.120. The van der Waals surface area contributed by atoms with Gasteiger partial charge in [-0.25, -0.2) is 4.98 Å². The molecule has 1 fully saturated rings. The summed E-state index contributed by atoms with van der Waals surface area (Å²) in [6.45, 7) is -0.980. The van der Waals surface area contributed by atoms with E-state index in [0.717, 1.165) is 12.8 Å². The number of anilines is 1. The van der Waals surface area contributed by atoms with Gasteiger partial charge in [-0.3, -0.25) is 0 Å². The highest BCUT2D eigenvalue weighted by atomic mass is 19.4. The van der Waals surface area contributed by atoms with E-state index in [4.69, 9.17) is 5.26 Å². The van der Waals surface area contributed by atoms with Gasteiger partial charge in [-0.2, -0.15) is 18.4 Å². The Balaban J connectivity index is 2.23. The monoisotopic (exact) mass is 241 g/mol. The second-order valence-corrected chi connectivity index (χ2v) is 3.99. The first-order valence-corrected chi connectivity index (χ1v) is 5.19. The van der Waals surface area contributed by atoms with Gasteiger partial charge in [0.05, 0.1) is 0 Å². The third-order valence-electron chi connectivity index (χ3n) is 2.53. The molecule has 1 aromatic rings. The van der Waals surface area contributed by atoms with Crippen molar-refractivity contribution in [3.05, 3.63) is 24.0 Å². The van der Waals surface area contributed by atoms with Crippen molar-refractivity contribution in [2.24, 2.45) is 0 Å². The van der Waals surface area contributed by atoms with Crippen molar-refractivity contribution >= 4 is 5.69 Å². The minimum Gasteiger partial charge on any atom is -0.359 e. The van der Waals surface area contributed by atoms with Crippen LogP contribution in [0.3, 0.4) is 0 Å². The summed E-state index contributed by atoms with van der Waals surface area (Å²) in [5.41, 5.74) is 0.548. The topological polar surface area (TPSA) is 39.9 Å². The summed E-state index contributed by atoms with van der Waals surface area (Å²) in [4.78, 5) is 5.04. The molecule has 0 bridgehead atoms. The smallest absolute Gasteiger partial charge is 0.359 e. The Morgan fingerprint density at radius 3 is 2.71 bits per heavy atom. The molecule has 1 heterocycles. The van der Waals surface area contributed by atoms with Crippen LogP contribution in [-0.4, -0.2) is 23.7 Å². The Morgan fingerprint density at radius 1 is 1.47 bits per heavy atom. The highest BCUT2D eigenvalue weighted by molar-refractivity contribution is 5.50. The zero-order valence-electron chi connectivity index (χ0n) is 8.91. The standard InChI is InChI=1S/C11H10F3N3/c12-11(13,14)7-17(9-1-2-9)10-3-4-16-8(5-10)6-15/h3-5,9H,1-2,7H2. The molecule has 0 aliphatic heterocycles. The fourth-order valence-electron chi connectivity index (χ4n) is 1.67. The Labute approximate surface area is 96.5 Å². The number of halogens is 3. The van der Waals surface area contributed by atoms with Crippen LogP contribution in [-0.2, 0) is 0 Å². The lowest BCUT2D eigenvalue weighted by Gasteiger charge is -2.25. The van der Waals surface area contributed by atoms with Gasteiger partial charge in [0.25, 0.3) is 0 Å². The van der Waals surface area contributed by atoms with Crippen LogP contribution >= 0.6 is 0 Å². The van der Waals surface area contributed by atoms with E-state index in [2.05, 4.69) is 4.98 Å². The zero-order chi connectivity index (χ0) is 12.5. The van der Waals surface area contributed by atoms with Crippen LogP contribution in [0.25, 0.3) is 0 Å². The van der Waals surface area contributed by atoms with E-state index in [1.165, 1.54) is 23.2 Å². The van der Waals surface area contributed by atoms with Crippen molar-refractivity contribution in [1.29, 1.82) is 5.26 Å². The molecule has 0 saturated heterocycles. The van der Waals surface area contributed by atoms with E-state index in [1.807, 2.05) is 6.07 Å². The van der Waals surface area contributed by atoms with E-state index in [-0.39, 0.29) is 11.7 Å². The van der Waals surface area contributed by atoms with Gasteiger partial charge < -0.3 is 4.90 Å². The maximum Gasteiger partial charge on any atom is 0.405 e. The van der Waals surface area contributed by atoms with Crippen molar-refractivity contribution in [2.45, 2.75) is 25.1 Å². The number of pyridine rings is 1. The van der Waals surface area contributed by atoms with Crippen molar-refractivity contribution < 1.29 is 13.2 Å². The van der Waals surface area contributed by atoms with E-state index >= 15 is 0 Å². The van der Waals surface area contributed by atoms with Gasteiger partial charge in [-0.05, 0) is 25.0 Å². The summed E-state index contributed by atoms with van der Waals surface area (Å²) >= 11 is 0. The van der Waals surface area contributed by atoms with Crippen molar-refractivity contribution in [2.75, 3.05) is 11.4 Å². The van der Waals surface area contributed by atoms with Gasteiger partial charge >= 0.3 is 6.18 Å². The first-order valence-electron chi connectivity index (χ1n) is 5.19. The highest BCUT2D eigenvalue weighted by Gasteiger charge is 2.38. The molecular weight excluding hydrogens is 231 g/mol. The summed E-state index contributed by atoms with van der Waals surface area (Å²) < 4.78 is 37.3. The van der Waals surface area contributed by atoms with Gasteiger partial charge in [-0.15, -0.1) is 0 Å². The van der Waals surface area contributed by atoms with Crippen LogP contribution in [0.15, 0.2) is 18.3 Å². The predicted molar refractivity (Wildman–Crippen MR) is 55.4 cm³/mol. The molecule has 1 aliphatic rings. The molecule has 0 N–H and O–H groups in total. The molecule has 3 nitrogen and oxygen atoms in total. The first kappa shape index (κ1) is 11.7. The van der Waals surface area contributed by atoms with Gasteiger partial charge in [0.1, 0.15) is 18.3 Å². The van der Waals surface area contributed by atoms with Crippen LogP contribution < -0.4 is 4.90 Å². The fraction of sp³-hybridized carbons (Fsp3) is 0.455. The number of hydrogen-bond donors (Lipinski definition) is 0. The molecule has 0 aromatic carbocycles. The molecule has 1 aromatic heterocycles. The Morgan fingerprint density at radius 2 is 2.18 bits per heavy atom. The molecule has 1 aliphatic carbocycles. The summed E-state index contributed by atoms with van der Waals surface area (Å²) in [6.07, 6.45) is -1.35. The lowest BCUT2D eigenvalue weighted by atomic mass is 10.3. The van der Waals surface area contributed by atoms with Crippen LogP contribution in [0, 0.1) is 11.3 Å². The Bertz CT molecular complexity index is 446. The SMILES string of the molecule is N#Cc1cc(N(CC(F)(F)F)C2CC2)ccn1. The van der Waals surface area contributed by atoms with Gasteiger partial charge in [0.15, 0.2) is 0 Å². The molecule has 0 radical (unpaired) electrons. The van der Waals surface area contributed by atoms with Gasteiger partial charge in [-0.1, -0.05) is 0 Å². The predicted octanol–water partition coefficient (Wildman–Crippen LogP) is 2.48. The van der Waals surface area contributed by atoms with Crippen LogP contribution in [0.1, 0.15) is 18.5 Å². The lowest BCUT2D eigenvalue weighted by Crippen LogP contribution is -2.36. The van der Waals surface area contributed by atoms with E-state index in [9.17, 15) is 13.2 Å². The van der Waals surface area contributed by atoms with Crippen molar-refractivity contribution in [3.8, 4) is 6.07 Å². The van der Waals surface area contributed by atoms with Crippen LogP contribution in [0.4, 0.5) is 18.9 Å². The molecule has 90 valence electrons. The number of alkyl halides is 3. The third kappa shape index (κ3) is 3.09. The van der Waals surface area contributed by atoms with E-state index in [1.54, 1.807) is 0 Å². The minimum atomic E-state index is -4.24. The second kappa shape index (κ2) is 4.24. The molecule has 0 spiro atoms. The normalized spacial score (nSPS) is 15.4. The summed E-state index contributed by atoms with van der Waals surface area (Å²) in [5, 5.41) is 8.68. The summed E-state index contributed by atoms with van der Waals surface area (Å²) in [5.74, 6) is 0. The first-order chi connectivity index (χ1) is 7.99. The Kier molecular flexibility index (Phi) is 2.92. The molecule has 1 saturated carbocycles. The quantitative estimate of drug-likeness (QED) is 0.816. The van der Waals surface area contributed by atoms with E-state index in [0.29, 0.717) is 5.69 Å². The van der Waals surface area contributed by atoms with Gasteiger partial charge in [0.2, 0.25) is 0 Å². The number of aromatic nitrogens is 1. The van der Waals surface area contributed by atoms with Crippen LogP contribution in [0.5, 0.6) is 0 Å².